The Morgan fingerprint density at radius 1 is 0.971 bits per heavy atom. The van der Waals surface area contributed by atoms with Crippen molar-refractivity contribution in [2.24, 2.45) is 0 Å². The van der Waals surface area contributed by atoms with E-state index < -0.39 is 22.2 Å². The molecule has 0 aliphatic rings. The highest BCUT2D eigenvalue weighted by atomic mass is 35.5. The molecule has 0 aromatic heterocycles. The second-order valence-electron chi connectivity index (χ2n) is 7.47. The highest BCUT2D eigenvalue weighted by Gasteiger charge is 2.31. The van der Waals surface area contributed by atoms with Gasteiger partial charge in [0.05, 0.1) is 15.6 Å². The summed E-state index contributed by atoms with van der Waals surface area (Å²) in [6.45, 7) is 2.07. The van der Waals surface area contributed by atoms with Gasteiger partial charge in [-0.1, -0.05) is 53.0 Å². The van der Waals surface area contributed by atoms with Crippen molar-refractivity contribution in [2.45, 2.75) is 30.7 Å². The molecule has 6 nitrogen and oxygen atoms in total. The number of sulfonamides is 1. The maximum atomic E-state index is 13.6. The lowest BCUT2D eigenvalue weighted by molar-refractivity contribution is 0.200. The largest absolute Gasteiger partial charge is 0.412 e. The van der Waals surface area contributed by atoms with Crippen LogP contribution in [0.4, 0.5) is 10.5 Å². The van der Waals surface area contributed by atoms with Gasteiger partial charge in [-0.05, 0) is 74.4 Å². The van der Waals surface area contributed by atoms with Crippen molar-refractivity contribution in [2.75, 3.05) is 10.8 Å². The Labute approximate surface area is 214 Å². The summed E-state index contributed by atoms with van der Waals surface area (Å²) in [6.07, 6.45) is 0.347. The summed E-state index contributed by atoms with van der Waals surface area (Å²) in [5.74, 6) is 0.434. The first-order valence-corrected chi connectivity index (χ1v) is 13.0. The van der Waals surface area contributed by atoms with E-state index in [1.807, 2.05) is 6.07 Å². The summed E-state index contributed by atoms with van der Waals surface area (Å²) in [6, 6.07) is 18.8. The van der Waals surface area contributed by atoms with E-state index in [0.29, 0.717) is 35.2 Å². The van der Waals surface area contributed by atoms with E-state index in [-0.39, 0.29) is 15.6 Å². The fourth-order valence-electron chi connectivity index (χ4n) is 3.32. The van der Waals surface area contributed by atoms with Crippen LogP contribution in [-0.2, 0) is 10.0 Å². The second kappa shape index (κ2) is 11.8. The number of carbonyl (C=O) groups excluding carboxylic acids is 1. The topological polar surface area (TPSA) is 75.7 Å². The number of carbonyl (C=O) groups is 1. The number of hydrogen-bond donors (Lipinski definition) is 1. The fourth-order valence-corrected chi connectivity index (χ4v) is 5.56. The number of nitrogens with one attached hydrogen (secondary N) is 1. The predicted octanol–water partition coefficient (Wildman–Crippen LogP) is 6.80. The normalized spacial score (nSPS) is 12.1. The molecule has 0 unspecified atom stereocenters. The van der Waals surface area contributed by atoms with Gasteiger partial charge in [-0.3, -0.25) is 4.31 Å². The molecule has 10 heteroatoms. The summed E-state index contributed by atoms with van der Waals surface area (Å²) < 4.78 is 33.6. The third-order valence-electron chi connectivity index (χ3n) is 4.94. The minimum Gasteiger partial charge on any atom is -0.410 e. The first-order chi connectivity index (χ1) is 16.2. The van der Waals surface area contributed by atoms with Crippen LogP contribution in [0.15, 0.2) is 77.7 Å². The average Bonchev–Trinajstić information content (AvgIpc) is 2.80. The molecule has 0 saturated carbocycles. The third-order valence-corrected chi connectivity index (χ3v) is 7.69. The van der Waals surface area contributed by atoms with Gasteiger partial charge in [-0.15, -0.1) is 0 Å². The number of ether oxygens (including phenoxy) is 1. The SMILES string of the molecule is C[C@H](CCCNC(=O)Oc1ccccc1)N(c1cc(Cl)ccc1Cl)S(=O)(=O)c1ccc(Cl)cc1. The van der Waals surface area contributed by atoms with Crippen LogP contribution in [0.2, 0.25) is 15.1 Å². The highest BCUT2D eigenvalue weighted by Crippen LogP contribution is 2.35. The standard InChI is InChI=1S/C24H23Cl3N2O4S/c1-17(6-5-15-28-24(30)33-20-7-3-2-4-8-20)29(23-16-19(26)11-14-22(23)27)34(31,32)21-12-9-18(25)10-13-21/h2-4,7-14,16-17H,5-6,15H2,1H3,(H,28,30)/t17-/m1/s1. The van der Waals surface area contributed by atoms with Crippen LogP contribution in [0.1, 0.15) is 19.8 Å². The van der Waals surface area contributed by atoms with E-state index in [1.165, 1.54) is 34.6 Å². The molecule has 1 N–H and O–H groups in total. The average molecular weight is 542 g/mol. The fraction of sp³-hybridized carbons (Fsp3) is 0.208. The molecule has 0 aliphatic carbocycles. The molecular weight excluding hydrogens is 519 g/mol. The molecule has 3 aromatic carbocycles. The van der Waals surface area contributed by atoms with Gasteiger partial charge in [0.25, 0.3) is 10.0 Å². The van der Waals surface area contributed by atoms with Crippen LogP contribution < -0.4 is 14.4 Å². The van der Waals surface area contributed by atoms with E-state index in [2.05, 4.69) is 5.32 Å². The number of anilines is 1. The quantitative estimate of drug-likeness (QED) is 0.302. The van der Waals surface area contributed by atoms with Crippen molar-refractivity contribution < 1.29 is 17.9 Å². The van der Waals surface area contributed by atoms with Gasteiger partial charge >= 0.3 is 6.09 Å². The van der Waals surface area contributed by atoms with Crippen molar-refractivity contribution in [3.8, 4) is 5.75 Å². The molecule has 0 heterocycles. The monoisotopic (exact) mass is 540 g/mol. The van der Waals surface area contributed by atoms with Gasteiger partial charge in [0, 0.05) is 22.6 Å². The second-order valence-corrected chi connectivity index (χ2v) is 10.6. The zero-order valence-corrected chi connectivity index (χ0v) is 21.3. The summed E-state index contributed by atoms with van der Waals surface area (Å²) in [4.78, 5) is 12.1. The molecule has 180 valence electrons. The van der Waals surface area contributed by atoms with Gasteiger partial charge in [-0.2, -0.15) is 0 Å². The molecule has 0 saturated heterocycles. The molecular formula is C24H23Cl3N2O4S. The lowest BCUT2D eigenvalue weighted by Crippen LogP contribution is -2.39. The van der Waals surface area contributed by atoms with Crippen LogP contribution in [-0.4, -0.2) is 27.1 Å². The van der Waals surface area contributed by atoms with Crippen LogP contribution in [0.25, 0.3) is 0 Å². The molecule has 1 amide bonds. The lowest BCUT2D eigenvalue weighted by Gasteiger charge is -2.31. The molecule has 1 atom stereocenters. The number of benzene rings is 3. The number of para-hydroxylation sites is 1. The number of amides is 1. The van der Waals surface area contributed by atoms with E-state index >= 15 is 0 Å². The highest BCUT2D eigenvalue weighted by molar-refractivity contribution is 7.92. The van der Waals surface area contributed by atoms with Crippen molar-refractivity contribution in [1.82, 2.24) is 5.32 Å². The van der Waals surface area contributed by atoms with E-state index in [4.69, 9.17) is 39.5 Å². The zero-order chi connectivity index (χ0) is 24.7. The van der Waals surface area contributed by atoms with Crippen LogP contribution in [0.3, 0.4) is 0 Å². The Kier molecular flexibility index (Phi) is 9.08. The number of nitrogens with zero attached hydrogens (tertiary/aromatic N) is 1. The summed E-state index contributed by atoms with van der Waals surface area (Å²) >= 11 is 18.5. The third kappa shape index (κ3) is 6.79. The van der Waals surface area contributed by atoms with E-state index in [0.717, 1.165) is 0 Å². The Hall–Kier alpha value is -2.45. The number of halogens is 3. The van der Waals surface area contributed by atoms with Crippen LogP contribution in [0, 0.1) is 0 Å². The molecule has 3 aromatic rings. The van der Waals surface area contributed by atoms with Gasteiger partial charge < -0.3 is 10.1 Å². The van der Waals surface area contributed by atoms with Crippen molar-refractivity contribution in [3.05, 3.63) is 87.9 Å². The molecule has 0 bridgehead atoms. The summed E-state index contributed by atoms with van der Waals surface area (Å²) in [7, 11) is -3.98. The number of hydrogen-bond acceptors (Lipinski definition) is 4. The minimum absolute atomic E-state index is 0.0735. The van der Waals surface area contributed by atoms with Gasteiger partial charge in [0.1, 0.15) is 5.75 Å². The zero-order valence-electron chi connectivity index (χ0n) is 18.2. The Morgan fingerprint density at radius 3 is 2.29 bits per heavy atom. The van der Waals surface area contributed by atoms with E-state index in [9.17, 15) is 13.2 Å². The predicted molar refractivity (Wildman–Crippen MR) is 137 cm³/mol. The molecule has 0 fully saturated rings. The Balaban J connectivity index is 1.73. The molecule has 3 rings (SSSR count). The maximum Gasteiger partial charge on any atom is 0.412 e. The maximum absolute atomic E-state index is 13.6. The smallest absolute Gasteiger partial charge is 0.410 e. The molecule has 0 aliphatic heterocycles. The minimum atomic E-state index is -3.98. The lowest BCUT2D eigenvalue weighted by atomic mass is 10.1. The van der Waals surface area contributed by atoms with Gasteiger partial charge in [0.2, 0.25) is 0 Å². The van der Waals surface area contributed by atoms with E-state index in [1.54, 1.807) is 43.3 Å². The van der Waals surface area contributed by atoms with Crippen molar-refractivity contribution >= 4 is 56.6 Å². The summed E-state index contributed by atoms with van der Waals surface area (Å²) in [5, 5.41) is 3.70. The Bertz CT molecular complexity index is 1220. The molecule has 34 heavy (non-hydrogen) atoms. The number of rotatable bonds is 9. The van der Waals surface area contributed by atoms with Gasteiger partial charge in [-0.25, -0.2) is 13.2 Å². The molecule has 0 radical (unpaired) electrons. The van der Waals surface area contributed by atoms with Crippen LogP contribution in [0.5, 0.6) is 5.75 Å². The summed E-state index contributed by atoms with van der Waals surface area (Å²) in [5.41, 5.74) is 0.271. The van der Waals surface area contributed by atoms with Crippen molar-refractivity contribution in [3.63, 3.8) is 0 Å². The Morgan fingerprint density at radius 2 is 1.62 bits per heavy atom. The first kappa shape index (κ1) is 26.2. The van der Waals surface area contributed by atoms with Gasteiger partial charge in [0.15, 0.2) is 0 Å². The first-order valence-electron chi connectivity index (χ1n) is 10.4. The molecule has 0 spiro atoms. The van der Waals surface area contributed by atoms with Crippen LogP contribution >= 0.6 is 34.8 Å². The van der Waals surface area contributed by atoms with Crippen molar-refractivity contribution in [1.29, 1.82) is 0 Å².